The van der Waals surface area contributed by atoms with Gasteiger partial charge in [0.05, 0.1) is 16.9 Å². The molecule has 9 heteroatoms. The molecule has 0 amide bonds. The van der Waals surface area contributed by atoms with E-state index in [2.05, 4.69) is 23.7 Å². The van der Waals surface area contributed by atoms with E-state index in [1.54, 1.807) is 0 Å². The number of anilines is 1. The van der Waals surface area contributed by atoms with Gasteiger partial charge in [-0.15, -0.1) is 0 Å². The van der Waals surface area contributed by atoms with Crippen molar-refractivity contribution in [3.05, 3.63) is 29.6 Å². The highest BCUT2D eigenvalue weighted by Crippen LogP contribution is 2.91. The van der Waals surface area contributed by atoms with Crippen LogP contribution in [0, 0.1) is 17.8 Å². The Bertz CT molecular complexity index is 1140. The predicted octanol–water partition coefficient (Wildman–Crippen LogP) is 3.88. The number of nitrogens with two attached hydrogens (primary N) is 1. The summed E-state index contributed by atoms with van der Waals surface area (Å²) in [4.78, 5) is 6.43. The van der Waals surface area contributed by atoms with E-state index < -0.39 is 17.6 Å². The number of rotatable bonds is 4. The summed E-state index contributed by atoms with van der Waals surface area (Å²) in [6.07, 6.45) is 0.416. The molecule has 0 aromatic carbocycles. The van der Waals surface area contributed by atoms with Crippen molar-refractivity contribution in [1.82, 2.24) is 19.7 Å². The maximum atomic E-state index is 13.4. The van der Waals surface area contributed by atoms with Gasteiger partial charge in [-0.05, 0) is 63.0 Å². The van der Waals surface area contributed by atoms with Gasteiger partial charge in [0.2, 0.25) is 0 Å². The molecule has 8 rings (SSSR count). The van der Waals surface area contributed by atoms with Crippen LogP contribution in [0.25, 0.3) is 11.3 Å². The Hall–Kier alpha value is -2.13. The fraction of sp³-hybridized carbons (Fsp3) is 0.667. The lowest BCUT2D eigenvalue weighted by atomic mass is 9.88. The molecule has 2 aromatic heterocycles. The largest absolute Gasteiger partial charge is 0.419 e. The first-order valence-electron chi connectivity index (χ1n) is 12.0. The van der Waals surface area contributed by atoms with Crippen LogP contribution in [0.4, 0.5) is 19.0 Å². The van der Waals surface area contributed by atoms with Crippen LogP contribution in [0.1, 0.15) is 50.4 Å². The highest BCUT2D eigenvalue weighted by molar-refractivity contribution is 5.65. The zero-order chi connectivity index (χ0) is 22.9. The number of halogens is 3. The predicted molar refractivity (Wildman–Crippen MR) is 115 cm³/mol. The lowest BCUT2D eigenvalue weighted by molar-refractivity contribution is -0.137. The molecule has 0 radical (unpaired) electrons. The van der Waals surface area contributed by atoms with E-state index >= 15 is 0 Å². The molecule has 176 valence electrons. The standard InChI is InChI=1S/C24H28F3N5O/c1-12(2)32-18(8-16(30-32)13-6-15(24(25,26)27)21(28)29-9-13)23-14-7-17(20(23)19(14)23)31-10-22(11-31)4-3-5-33-22/h6,8-9,12,14,17,19-20H,3-5,7,10-11H2,1-2H3,(H2,28,29)/t14-,17?,19-,20?,23+/m0/s1. The Balaban J connectivity index is 1.19. The van der Waals surface area contributed by atoms with Crippen LogP contribution in [-0.2, 0) is 16.3 Å². The van der Waals surface area contributed by atoms with Crippen molar-refractivity contribution >= 4 is 5.82 Å². The number of nitrogens with zero attached hydrogens (tertiary/aromatic N) is 4. The Kier molecular flexibility index (Phi) is 3.75. The Morgan fingerprint density at radius 1 is 1.21 bits per heavy atom. The van der Waals surface area contributed by atoms with Gasteiger partial charge in [0.15, 0.2) is 0 Å². The molecule has 2 saturated heterocycles. The summed E-state index contributed by atoms with van der Waals surface area (Å²) in [5, 5.41) is 4.76. The number of hydrogen-bond donors (Lipinski definition) is 1. The van der Waals surface area contributed by atoms with Crippen molar-refractivity contribution in [2.75, 3.05) is 25.4 Å². The first kappa shape index (κ1) is 20.3. The summed E-state index contributed by atoms with van der Waals surface area (Å²) in [6, 6.07) is 3.82. The zero-order valence-electron chi connectivity index (χ0n) is 18.8. The molecule has 2 aliphatic heterocycles. The van der Waals surface area contributed by atoms with Crippen LogP contribution in [-0.4, -0.2) is 51.0 Å². The van der Waals surface area contributed by atoms with E-state index in [1.807, 2.05) is 10.7 Å². The van der Waals surface area contributed by atoms with Crippen LogP contribution < -0.4 is 5.73 Å². The maximum absolute atomic E-state index is 13.4. The van der Waals surface area contributed by atoms with Crippen molar-refractivity contribution in [2.24, 2.45) is 17.8 Å². The highest BCUT2D eigenvalue weighted by atomic mass is 19.4. The van der Waals surface area contributed by atoms with E-state index in [9.17, 15) is 13.2 Å². The average Bonchev–Trinajstić information content (AvgIpc) is 3.22. The van der Waals surface area contributed by atoms with Gasteiger partial charge in [-0.25, -0.2) is 4.98 Å². The summed E-state index contributed by atoms with van der Waals surface area (Å²) >= 11 is 0. The third-order valence-electron chi connectivity index (χ3n) is 9.05. The Morgan fingerprint density at radius 3 is 2.64 bits per heavy atom. The summed E-state index contributed by atoms with van der Waals surface area (Å²) in [5.41, 5.74) is 6.96. The number of hydrogen-bond acceptors (Lipinski definition) is 5. The first-order valence-corrected chi connectivity index (χ1v) is 12.0. The van der Waals surface area contributed by atoms with Crippen LogP contribution in [0.5, 0.6) is 0 Å². The lowest BCUT2D eigenvalue weighted by Crippen LogP contribution is -2.64. The molecule has 2 N–H and O–H groups in total. The average molecular weight is 460 g/mol. The van der Waals surface area contributed by atoms with Gasteiger partial charge in [-0.1, -0.05) is 0 Å². The number of ether oxygens (including phenoxy) is 1. The fourth-order valence-electron chi connectivity index (χ4n) is 7.60. The van der Waals surface area contributed by atoms with E-state index in [1.165, 1.54) is 31.2 Å². The third kappa shape index (κ3) is 2.52. The molecule has 4 aliphatic carbocycles. The van der Waals surface area contributed by atoms with Gasteiger partial charge in [-0.2, -0.15) is 18.3 Å². The second-order valence-corrected chi connectivity index (χ2v) is 11.0. The molecule has 6 nitrogen and oxygen atoms in total. The van der Waals surface area contributed by atoms with Crippen LogP contribution in [0.2, 0.25) is 0 Å². The van der Waals surface area contributed by atoms with Gasteiger partial charge in [0.25, 0.3) is 0 Å². The van der Waals surface area contributed by atoms with Gasteiger partial charge in [0.1, 0.15) is 5.82 Å². The molecule has 6 aliphatic rings. The molecule has 2 unspecified atom stereocenters. The van der Waals surface area contributed by atoms with Gasteiger partial charge in [0, 0.05) is 54.6 Å². The van der Waals surface area contributed by atoms with Crippen molar-refractivity contribution in [3.63, 3.8) is 0 Å². The molecule has 4 heterocycles. The normalized spacial score (nSPS) is 35.8. The van der Waals surface area contributed by atoms with E-state index in [0.29, 0.717) is 35.1 Å². The molecule has 5 atom stereocenters. The second kappa shape index (κ2) is 6.10. The number of likely N-dealkylation sites (tertiary alicyclic amines) is 1. The van der Waals surface area contributed by atoms with Crippen LogP contribution >= 0.6 is 0 Å². The second-order valence-electron chi connectivity index (χ2n) is 11.0. The molecule has 2 bridgehead atoms. The summed E-state index contributed by atoms with van der Waals surface area (Å²) in [6.45, 7) is 7.15. The molecule has 33 heavy (non-hydrogen) atoms. The summed E-state index contributed by atoms with van der Waals surface area (Å²) in [5.74, 6) is 1.50. The highest BCUT2D eigenvalue weighted by Gasteiger charge is 2.93. The molecule has 2 aromatic rings. The number of aromatic nitrogens is 3. The van der Waals surface area contributed by atoms with Crippen LogP contribution in [0.15, 0.2) is 18.3 Å². The number of alkyl halides is 3. The molecule has 6 fully saturated rings. The number of nitrogen functional groups attached to an aromatic ring is 1. The van der Waals surface area contributed by atoms with Gasteiger partial charge < -0.3 is 10.5 Å². The first-order chi connectivity index (χ1) is 15.7. The third-order valence-corrected chi connectivity index (χ3v) is 9.05. The Labute approximate surface area is 190 Å². The van der Waals surface area contributed by atoms with E-state index in [4.69, 9.17) is 15.6 Å². The SMILES string of the molecule is CC(C)n1nc(-c2cnc(N)c(C(F)(F)F)c2)cc1[C@]12C3C(N4CC5(CCCO5)C4)C[C@H]1[C@@H]32. The van der Waals surface area contributed by atoms with E-state index in [0.717, 1.165) is 25.8 Å². The zero-order valence-corrected chi connectivity index (χ0v) is 18.8. The van der Waals surface area contributed by atoms with E-state index in [-0.39, 0.29) is 17.1 Å². The Morgan fingerprint density at radius 2 is 2.00 bits per heavy atom. The molecule has 1 spiro atoms. The monoisotopic (exact) mass is 459 g/mol. The minimum atomic E-state index is -4.54. The fourth-order valence-corrected chi connectivity index (χ4v) is 7.60. The summed E-state index contributed by atoms with van der Waals surface area (Å²) in [7, 11) is 0. The lowest BCUT2D eigenvalue weighted by Gasteiger charge is -2.50. The van der Waals surface area contributed by atoms with Crippen molar-refractivity contribution in [1.29, 1.82) is 0 Å². The van der Waals surface area contributed by atoms with Crippen molar-refractivity contribution in [3.8, 4) is 11.3 Å². The number of fused-ring (bicyclic) bond motifs is 1. The van der Waals surface area contributed by atoms with Gasteiger partial charge >= 0.3 is 6.18 Å². The smallest absolute Gasteiger partial charge is 0.383 e. The number of pyridine rings is 1. The van der Waals surface area contributed by atoms with Crippen molar-refractivity contribution < 1.29 is 17.9 Å². The maximum Gasteiger partial charge on any atom is 0.419 e. The molecular weight excluding hydrogens is 431 g/mol. The van der Waals surface area contributed by atoms with Crippen LogP contribution in [0.3, 0.4) is 0 Å². The quantitative estimate of drug-likeness (QED) is 0.752. The molecule has 4 saturated carbocycles. The van der Waals surface area contributed by atoms with Gasteiger partial charge in [-0.3, -0.25) is 9.58 Å². The minimum absolute atomic E-state index is 0.112. The molecular formula is C24H28F3N5O. The topological polar surface area (TPSA) is 69.2 Å². The summed E-state index contributed by atoms with van der Waals surface area (Å²) < 4.78 is 48.2. The minimum Gasteiger partial charge on any atom is -0.383 e. The van der Waals surface area contributed by atoms with Crippen molar-refractivity contribution in [2.45, 2.75) is 62.4 Å².